The van der Waals surface area contributed by atoms with Gasteiger partial charge >= 0.3 is 5.69 Å². The van der Waals surface area contributed by atoms with Crippen LogP contribution in [0.5, 0.6) is 0 Å². The van der Waals surface area contributed by atoms with Crippen LogP contribution in [0.4, 0.5) is 0 Å². The van der Waals surface area contributed by atoms with Crippen molar-refractivity contribution in [3.63, 3.8) is 0 Å². The van der Waals surface area contributed by atoms with E-state index >= 15 is 0 Å². The van der Waals surface area contributed by atoms with Crippen molar-refractivity contribution in [3.05, 3.63) is 38.2 Å². The Bertz CT molecular complexity index is 548. The molecule has 4 nitrogen and oxygen atoms in total. The molecule has 1 aromatic heterocycles. The molecular formula is C9H8N2O2. The van der Waals surface area contributed by atoms with Crippen molar-refractivity contribution in [2.45, 2.75) is 12.3 Å². The molecule has 0 radical (unpaired) electrons. The number of fused-ring (bicyclic) bond motifs is 3. The van der Waals surface area contributed by atoms with Crippen molar-refractivity contribution >= 4 is 6.20 Å². The lowest BCUT2D eigenvalue weighted by Gasteiger charge is -2.04. The molecule has 1 aromatic rings. The summed E-state index contributed by atoms with van der Waals surface area (Å²) >= 11 is 0. The van der Waals surface area contributed by atoms with Crippen molar-refractivity contribution < 1.29 is 0 Å². The number of hydrogen-bond acceptors (Lipinski definition) is 2. The number of hydrogen-bond donors (Lipinski definition) is 0. The van der Waals surface area contributed by atoms with Crippen LogP contribution < -0.4 is 11.2 Å². The minimum absolute atomic E-state index is 0.210. The third-order valence-corrected chi connectivity index (χ3v) is 2.75. The third kappa shape index (κ3) is 0.703. The van der Waals surface area contributed by atoms with Crippen LogP contribution in [0.25, 0.3) is 6.20 Å². The predicted molar refractivity (Wildman–Crippen MR) is 47.6 cm³/mol. The Morgan fingerprint density at radius 1 is 1.46 bits per heavy atom. The first-order chi connectivity index (χ1) is 6.18. The largest absolute Gasteiger partial charge is 0.335 e. The Balaban J connectivity index is 2.46. The van der Waals surface area contributed by atoms with Crippen molar-refractivity contribution in [2.75, 3.05) is 0 Å². The molecule has 1 unspecified atom stereocenters. The quantitative estimate of drug-likeness (QED) is 0.553. The highest BCUT2D eigenvalue weighted by Crippen LogP contribution is 2.50. The zero-order valence-corrected chi connectivity index (χ0v) is 7.15. The number of nitrogens with zero attached hydrogens (tertiary/aromatic N) is 2. The van der Waals surface area contributed by atoms with Crippen molar-refractivity contribution in [1.82, 2.24) is 9.13 Å². The van der Waals surface area contributed by atoms with E-state index in [1.807, 2.05) is 6.20 Å². The van der Waals surface area contributed by atoms with Crippen molar-refractivity contribution in [1.29, 1.82) is 0 Å². The Hall–Kier alpha value is -1.58. The molecule has 0 spiro atoms. The summed E-state index contributed by atoms with van der Waals surface area (Å²) in [7, 11) is 1.50. The van der Waals surface area contributed by atoms with Gasteiger partial charge in [-0.3, -0.25) is 13.9 Å². The molecule has 1 fully saturated rings. The standard InChI is InChI=1S/C9H8N2O2/c1-10-8(12)3-7-6-2-5(6)4-11(7)9(10)13/h3-4,6H,2H2,1H3. The molecule has 13 heavy (non-hydrogen) atoms. The third-order valence-electron chi connectivity index (χ3n) is 2.75. The number of allylic oxidation sites excluding steroid dienone is 1. The highest BCUT2D eigenvalue weighted by molar-refractivity contribution is 5.56. The van der Waals surface area contributed by atoms with Crippen LogP contribution in [-0.2, 0) is 7.05 Å². The first-order valence-electron chi connectivity index (χ1n) is 4.21. The Morgan fingerprint density at radius 2 is 2.23 bits per heavy atom. The van der Waals surface area contributed by atoms with E-state index in [1.54, 1.807) is 10.6 Å². The molecule has 0 saturated heterocycles. The minimum Gasteiger partial charge on any atom is -0.272 e. The van der Waals surface area contributed by atoms with Gasteiger partial charge in [-0.2, -0.15) is 0 Å². The fraction of sp³-hybridized carbons (Fsp3) is 0.333. The molecule has 0 aromatic carbocycles. The molecule has 1 aliphatic carbocycles. The van der Waals surface area contributed by atoms with Crippen LogP contribution in [0.2, 0.25) is 0 Å². The number of aromatic nitrogens is 2. The second kappa shape index (κ2) is 1.84. The summed E-state index contributed by atoms with van der Waals surface area (Å²) < 4.78 is 2.70. The summed E-state index contributed by atoms with van der Waals surface area (Å²) in [4.78, 5) is 22.8. The summed E-state index contributed by atoms with van der Waals surface area (Å²) in [6.45, 7) is 0. The van der Waals surface area contributed by atoms with E-state index in [1.165, 1.54) is 12.6 Å². The summed E-state index contributed by atoms with van der Waals surface area (Å²) in [6, 6.07) is 1.56. The monoisotopic (exact) mass is 176 g/mol. The highest BCUT2D eigenvalue weighted by Gasteiger charge is 2.39. The van der Waals surface area contributed by atoms with E-state index in [4.69, 9.17) is 0 Å². The van der Waals surface area contributed by atoms with Gasteiger partial charge in [0.2, 0.25) is 0 Å². The van der Waals surface area contributed by atoms with Gasteiger partial charge in [0.25, 0.3) is 5.56 Å². The lowest BCUT2D eigenvalue weighted by molar-refractivity contribution is 0.722. The minimum atomic E-state index is -0.234. The van der Waals surface area contributed by atoms with Crippen LogP contribution in [0, 0.1) is 0 Å². The zero-order valence-electron chi connectivity index (χ0n) is 7.15. The lowest BCUT2D eigenvalue weighted by Crippen LogP contribution is -2.36. The molecular weight excluding hydrogens is 168 g/mol. The molecule has 0 bridgehead atoms. The predicted octanol–water partition coefficient (Wildman–Crippen LogP) is -0.111. The van der Waals surface area contributed by atoms with Gasteiger partial charge in [-0.25, -0.2) is 4.79 Å². The number of rotatable bonds is 0. The van der Waals surface area contributed by atoms with E-state index < -0.39 is 0 Å². The lowest BCUT2D eigenvalue weighted by atomic mass is 10.3. The van der Waals surface area contributed by atoms with E-state index in [2.05, 4.69) is 0 Å². The average Bonchev–Trinajstić information content (AvgIpc) is 2.79. The van der Waals surface area contributed by atoms with Gasteiger partial charge in [0.1, 0.15) is 0 Å². The molecule has 0 amide bonds. The molecule has 1 atom stereocenters. The maximum Gasteiger partial charge on any atom is 0.335 e. The molecule has 3 rings (SSSR count). The fourth-order valence-corrected chi connectivity index (χ4v) is 1.84. The fourth-order valence-electron chi connectivity index (χ4n) is 1.84. The van der Waals surface area contributed by atoms with Gasteiger partial charge in [-0.1, -0.05) is 0 Å². The van der Waals surface area contributed by atoms with Gasteiger partial charge < -0.3 is 0 Å². The molecule has 2 heterocycles. The molecule has 66 valence electrons. The van der Waals surface area contributed by atoms with Gasteiger partial charge in [-0.15, -0.1) is 0 Å². The highest BCUT2D eigenvalue weighted by atomic mass is 16.2. The average molecular weight is 176 g/mol. The summed E-state index contributed by atoms with van der Waals surface area (Å²) in [5, 5.41) is 0. The van der Waals surface area contributed by atoms with Crippen LogP contribution in [0.1, 0.15) is 18.0 Å². The topological polar surface area (TPSA) is 44.0 Å². The Labute approximate surface area is 73.7 Å². The van der Waals surface area contributed by atoms with E-state index in [0.717, 1.165) is 16.7 Å². The van der Waals surface area contributed by atoms with Crippen LogP contribution in [0.15, 0.2) is 21.2 Å². The Kier molecular flexibility index (Phi) is 0.974. The maximum atomic E-state index is 11.5. The smallest absolute Gasteiger partial charge is 0.272 e. The zero-order chi connectivity index (χ0) is 9.16. The molecule has 1 aliphatic heterocycles. The second-order valence-electron chi connectivity index (χ2n) is 3.58. The Morgan fingerprint density at radius 3 is 3.00 bits per heavy atom. The summed E-state index contributed by atoms with van der Waals surface area (Å²) in [5.74, 6) is 0.363. The van der Waals surface area contributed by atoms with Gasteiger partial charge in [0, 0.05) is 30.9 Å². The van der Waals surface area contributed by atoms with Crippen molar-refractivity contribution in [2.24, 2.45) is 7.05 Å². The summed E-state index contributed by atoms with van der Waals surface area (Å²) in [5.41, 5.74) is 1.69. The van der Waals surface area contributed by atoms with Crippen LogP contribution in [-0.4, -0.2) is 9.13 Å². The van der Waals surface area contributed by atoms with Crippen molar-refractivity contribution in [3.8, 4) is 0 Å². The van der Waals surface area contributed by atoms with Gasteiger partial charge in [-0.05, 0) is 12.0 Å². The maximum absolute atomic E-state index is 11.5. The van der Waals surface area contributed by atoms with E-state index in [0.29, 0.717) is 5.92 Å². The molecule has 0 N–H and O–H groups in total. The SMILES string of the molecule is Cn1c(=O)cc2n(c1=O)C=C1CC12. The van der Waals surface area contributed by atoms with Gasteiger partial charge in [0.15, 0.2) is 0 Å². The molecule has 1 saturated carbocycles. The molecule has 4 heteroatoms. The normalized spacial score (nSPS) is 22.2. The molecule has 2 aliphatic rings. The first-order valence-corrected chi connectivity index (χ1v) is 4.21. The second-order valence-corrected chi connectivity index (χ2v) is 3.58. The summed E-state index contributed by atoms with van der Waals surface area (Å²) in [6.07, 6.45) is 2.87. The van der Waals surface area contributed by atoms with Crippen LogP contribution >= 0.6 is 0 Å². The van der Waals surface area contributed by atoms with Gasteiger partial charge in [0.05, 0.1) is 0 Å². The first kappa shape index (κ1) is 6.88. The van der Waals surface area contributed by atoms with E-state index in [9.17, 15) is 9.59 Å². The van der Waals surface area contributed by atoms with E-state index in [-0.39, 0.29) is 11.2 Å². The van der Waals surface area contributed by atoms with Crippen LogP contribution in [0.3, 0.4) is 0 Å².